The Morgan fingerprint density at radius 3 is 2.67 bits per heavy atom. The van der Waals surface area contributed by atoms with Crippen molar-refractivity contribution in [2.45, 2.75) is 38.7 Å². The van der Waals surface area contributed by atoms with Gasteiger partial charge in [-0.15, -0.1) is 0 Å². The van der Waals surface area contributed by atoms with E-state index >= 15 is 0 Å². The van der Waals surface area contributed by atoms with E-state index in [1.165, 1.54) is 4.90 Å². The summed E-state index contributed by atoms with van der Waals surface area (Å²) in [6.45, 7) is 6.49. The number of hydrogen-bond donors (Lipinski definition) is 2. The molecule has 8 nitrogen and oxygen atoms in total. The standard InChI is InChI=1S/C22H34N4O4/c1-2-23-22(24-8-4-11-29-14-17-5-3-12-30-17)25-9-10-26-20(27)18-15-6-7-16(13-15)19(18)21(26)28/h6-7,15-19H,2-5,8-14H2,1H3,(H2,23,24,25). The summed E-state index contributed by atoms with van der Waals surface area (Å²) in [7, 11) is 0. The number of rotatable bonds is 10. The second kappa shape index (κ2) is 9.92. The minimum absolute atomic E-state index is 0.00832. The van der Waals surface area contributed by atoms with E-state index in [-0.39, 0.29) is 41.6 Å². The largest absolute Gasteiger partial charge is 0.379 e. The van der Waals surface area contributed by atoms with Gasteiger partial charge in [0, 0.05) is 39.4 Å². The quantitative estimate of drug-likeness (QED) is 0.180. The number of nitrogens with zero attached hydrogens (tertiary/aromatic N) is 2. The van der Waals surface area contributed by atoms with E-state index in [0.717, 1.165) is 38.8 Å². The molecule has 5 unspecified atom stereocenters. The Morgan fingerprint density at radius 2 is 2.00 bits per heavy atom. The molecule has 0 spiro atoms. The molecule has 30 heavy (non-hydrogen) atoms. The number of guanidine groups is 1. The lowest BCUT2D eigenvalue weighted by atomic mass is 9.85. The summed E-state index contributed by atoms with van der Waals surface area (Å²) in [4.78, 5) is 31.5. The summed E-state index contributed by atoms with van der Waals surface area (Å²) in [6, 6.07) is 0. The molecule has 2 N–H and O–H groups in total. The normalized spacial score (nSPS) is 32.4. The Kier molecular flexibility index (Phi) is 7.04. The Hall–Kier alpha value is -1.93. The maximum Gasteiger partial charge on any atom is 0.233 e. The van der Waals surface area contributed by atoms with Crippen LogP contribution >= 0.6 is 0 Å². The Labute approximate surface area is 178 Å². The first-order valence-corrected chi connectivity index (χ1v) is 11.4. The van der Waals surface area contributed by atoms with Crippen LogP contribution in [-0.4, -0.2) is 74.8 Å². The molecule has 3 fully saturated rings. The number of likely N-dealkylation sites (tertiary alicyclic amines) is 1. The predicted octanol–water partition coefficient (Wildman–Crippen LogP) is 0.934. The molecule has 2 heterocycles. The first-order valence-electron chi connectivity index (χ1n) is 11.4. The number of ether oxygens (including phenoxy) is 2. The molecular weight excluding hydrogens is 384 g/mol. The van der Waals surface area contributed by atoms with Crippen molar-refractivity contribution in [2.24, 2.45) is 28.7 Å². The van der Waals surface area contributed by atoms with Crippen molar-refractivity contribution in [3.8, 4) is 0 Å². The van der Waals surface area contributed by atoms with Crippen LogP contribution in [0.15, 0.2) is 17.1 Å². The zero-order chi connectivity index (χ0) is 20.9. The smallest absolute Gasteiger partial charge is 0.233 e. The van der Waals surface area contributed by atoms with Gasteiger partial charge in [-0.05, 0) is 44.4 Å². The molecule has 1 saturated carbocycles. The van der Waals surface area contributed by atoms with Crippen LogP contribution in [-0.2, 0) is 19.1 Å². The third kappa shape index (κ3) is 4.54. The molecule has 0 radical (unpaired) electrons. The van der Waals surface area contributed by atoms with Crippen molar-refractivity contribution >= 4 is 17.8 Å². The average Bonchev–Trinajstić information content (AvgIpc) is 3.52. The highest BCUT2D eigenvalue weighted by molar-refractivity contribution is 6.06. The van der Waals surface area contributed by atoms with Gasteiger partial charge in [0.1, 0.15) is 0 Å². The first kappa shape index (κ1) is 21.3. The number of hydrogen-bond acceptors (Lipinski definition) is 5. The summed E-state index contributed by atoms with van der Waals surface area (Å²) in [6.07, 6.45) is 8.53. The number of fused-ring (bicyclic) bond motifs is 5. The van der Waals surface area contributed by atoms with Crippen LogP contribution in [0.25, 0.3) is 0 Å². The number of allylic oxidation sites excluding steroid dienone is 2. The molecule has 0 aromatic rings. The van der Waals surface area contributed by atoms with Crippen LogP contribution in [0.5, 0.6) is 0 Å². The molecule has 2 bridgehead atoms. The lowest BCUT2D eigenvalue weighted by Gasteiger charge is -2.18. The van der Waals surface area contributed by atoms with Gasteiger partial charge in [0.05, 0.1) is 24.5 Å². The molecule has 5 atom stereocenters. The summed E-state index contributed by atoms with van der Waals surface area (Å²) in [5.74, 6) is 1.00. The maximum atomic E-state index is 12.7. The fourth-order valence-electron chi connectivity index (χ4n) is 5.16. The molecule has 2 aliphatic carbocycles. The summed E-state index contributed by atoms with van der Waals surface area (Å²) < 4.78 is 11.2. The van der Waals surface area contributed by atoms with Crippen molar-refractivity contribution in [1.82, 2.24) is 15.5 Å². The van der Waals surface area contributed by atoms with Crippen LogP contribution in [0, 0.1) is 23.7 Å². The van der Waals surface area contributed by atoms with Gasteiger partial charge in [-0.25, -0.2) is 0 Å². The Morgan fingerprint density at radius 1 is 1.23 bits per heavy atom. The second-order valence-electron chi connectivity index (χ2n) is 8.58. The van der Waals surface area contributed by atoms with E-state index in [1.54, 1.807) is 0 Å². The zero-order valence-electron chi connectivity index (χ0n) is 17.8. The number of aliphatic imine (C=N–C) groups is 1. The third-order valence-electron chi connectivity index (χ3n) is 6.58. The molecule has 0 aromatic heterocycles. The van der Waals surface area contributed by atoms with Gasteiger partial charge in [0.25, 0.3) is 0 Å². The van der Waals surface area contributed by atoms with Crippen molar-refractivity contribution in [1.29, 1.82) is 0 Å². The van der Waals surface area contributed by atoms with Gasteiger partial charge in [0.2, 0.25) is 11.8 Å². The second-order valence-corrected chi connectivity index (χ2v) is 8.58. The fourth-order valence-corrected chi connectivity index (χ4v) is 5.16. The van der Waals surface area contributed by atoms with E-state index in [4.69, 9.17) is 9.47 Å². The molecule has 166 valence electrons. The molecule has 2 saturated heterocycles. The number of carbonyl (C=O) groups excluding carboxylic acids is 2. The molecule has 4 rings (SSSR count). The van der Waals surface area contributed by atoms with Crippen molar-refractivity contribution < 1.29 is 19.1 Å². The summed E-state index contributed by atoms with van der Waals surface area (Å²) >= 11 is 0. The van der Waals surface area contributed by atoms with Gasteiger partial charge in [-0.3, -0.25) is 19.5 Å². The highest BCUT2D eigenvalue weighted by atomic mass is 16.5. The first-order chi connectivity index (χ1) is 14.7. The molecule has 8 heteroatoms. The number of amides is 2. The van der Waals surface area contributed by atoms with E-state index in [9.17, 15) is 9.59 Å². The highest BCUT2D eigenvalue weighted by Gasteiger charge is 2.58. The maximum absolute atomic E-state index is 12.7. The Bertz CT molecular complexity index is 659. The molecule has 4 aliphatic rings. The number of carbonyl (C=O) groups is 2. The van der Waals surface area contributed by atoms with Crippen LogP contribution < -0.4 is 10.6 Å². The van der Waals surface area contributed by atoms with E-state index in [2.05, 4.69) is 27.8 Å². The lowest BCUT2D eigenvalue weighted by Crippen LogP contribution is -2.43. The monoisotopic (exact) mass is 418 g/mol. The molecule has 2 amide bonds. The Balaban J connectivity index is 1.16. The van der Waals surface area contributed by atoms with Crippen molar-refractivity contribution in [3.63, 3.8) is 0 Å². The molecular formula is C22H34N4O4. The molecule has 2 aliphatic heterocycles. The van der Waals surface area contributed by atoms with Gasteiger partial charge in [-0.1, -0.05) is 12.2 Å². The predicted molar refractivity (Wildman–Crippen MR) is 113 cm³/mol. The van der Waals surface area contributed by atoms with Gasteiger partial charge in [0.15, 0.2) is 5.96 Å². The minimum atomic E-state index is -0.121. The van der Waals surface area contributed by atoms with Crippen LogP contribution in [0.4, 0.5) is 0 Å². The number of imide groups is 1. The minimum Gasteiger partial charge on any atom is -0.379 e. The zero-order valence-corrected chi connectivity index (χ0v) is 17.8. The highest BCUT2D eigenvalue weighted by Crippen LogP contribution is 2.52. The fraction of sp³-hybridized carbons (Fsp3) is 0.773. The van der Waals surface area contributed by atoms with Crippen LogP contribution in [0.1, 0.15) is 32.6 Å². The average molecular weight is 419 g/mol. The lowest BCUT2D eigenvalue weighted by molar-refractivity contribution is -0.140. The number of nitrogens with one attached hydrogen (secondary N) is 2. The van der Waals surface area contributed by atoms with Crippen molar-refractivity contribution in [2.75, 3.05) is 46.0 Å². The van der Waals surface area contributed by atoms with E-state index < -0.39 is 0 Å². The topological polar surface area (TPSA) is 92.3 Å². The van der Waals surface area contributed by atoms with Crippen LogP contribution in [0.2, 0.25) is 0 Å². The van der Waals surface area contributed by atoms with Crippen LogP contribution in [0.3, 0.4) is 0 Å². The van der Waals surface area contributed by atoms with E-state index in [1.807, 2.05) is 6.92 Å². The van der Waals surface area contributed by atoms with Gasteiger partial charge >= 0.3 is 0 Å². The van der Waals surface area contributed by atoms with E-state index in [0.29, 0.717) is 38.8 Å². The summed E-state index contributed by atoms with van der Waals surface area (Å²) in [5, 5.41) is 6.45. The SMILES string of the molecule is CCNC(=NCCCOCC1CCCO1)NCCN1C(=O)C2C3C=CC(C3)C2C1=O. The summed E-state index contributed by atoms with van der Waals surface area (Å²) in [5.41, 5.74) is 0. The third-order valence-corrected chi connectivity index (χ3v) is 6.58. The molecule has 0 aromatic carbocycles. The van der Waals surface area contributed by atoms with Crippen molar-refractivity contribution in [3.05, 3.63) is 12.2 Å². The van der Waals surface area contributed by atoms with Gasteiger partial charge < -0.3 is 20.1 Å². The van der Waals surface area contributed by atoms with Gasteiger partial charge in [-0.2, -0.15) is 0 Å².